The Hall–Kier alpha value is -2.43. The van der Waals surface area contributed by atoms with Gasteiger partial charge in [0.05, 0.1) is 17.4 Å². The molecule has 0 saturated carbocycles. The Kier molecular flexibility index (Phi) is 4.51. The van der Waals surface area contributed by atoms with Gasteiger partial charge >= 0.3 is 5.97 Å². The molecule has 2 aromatic rings. The molecule has 1 aromatic carbocycles. The van der Waals surface area contributed by atoms with E-state index >= 15 is 0 Å². The van der Waals surface area contributed by atoms with Crippen molar-refractivity contribution in [2.75, 3.05) is 18.0 Å². The van der Waals surface area contributed by atoms with E-state index < -0.39 is 11.8 Å². The molecule has 0 aliphatic carbocycles. The third-order valence-electron chi connectivity index (χ3n) is 4.07. The Morgan fingerprint density at radius 3 is 2.62 bits per heavy atom. The summed E-state index contributed by atoms with van der Waals surface area (Å²) < 4.78 is 14.7. The van der Waals surface area contributed by atoms with E-state index in [4.69, 9.17) is 5.11 Å². The number of nitriles is 1. The second-order valence-corrected chi connectivity index (χ2v) is 6.74. The van der Waals surface area contributed by atoms with Crippen molar-refractivity contribution in [3.05, 3.63) is 40.5 Å². The molecule has 124 valence electrons. The van der Waals surface area contributed by atoms with Crippen LogP contribution in [-0.2, 0) is 0 Å². The van der Waals surface area contributed by atoms with E-state index in [0.29, 0.717) is 36.4 Å². The van der Waals surface area contributed by atoms with E-state index in [1.54, 1.807) is 17.0 Å². The highest BCUT2D eigenvalue weighted by atomic mass is 32.1. The molecule has 1 aliphatic heterocycles. The van der Waals surface area contributed by atoms with Crippen LogP contribution in [0.5, 0.6) is 0 Å². The maximum atomic E-state index is 14.7. The number of hydrogen-bond donors (Lipinski definition) is 2. The second-order valence-electron chi connectivity index (χ2n) is 5.65. The highest BCUT2D eigenvalue weighted by Crippen LogP contribution is 2.35. The molecule has 1 fully saturated rings. The molecule has 3 rings (SSSR count). The third-order valence-corrected chi connectivity index (χ3v) is 5.19. The van der Waals surface area contributed by atoms with Crippen LogP contribution in [0, 0.1) is 17.1 Å². The molecule has 1 saturated heterocycles. The predicted octanol–water partition coefficient (Wildman–Crippen LogP) is 3.09. The summed E-state index contributed by atoms with van der Waals surface area (Å²) in [5.74, 6) is -1.54. The Balaban J connectivity index is 1.98. The first kappa shape index (κ1) is 16.4. The number of anilines is 1. The maximum Gasteiger partial charge on any atom is 0.345 e. The first-order valence-corrected chi connectivity index (χ1v) is 8.31. The van der Waals surface area contributed by atoms with Gasteiger partial charge in [0.25, 0.3) is 0 Å². The molecule has 0 atom stereocenters. The molecule has 1 aromatic heterocycles. The van der Waals surface area contributed by atoms with Gasteiger partial charge in [-0.1, -0.05) is 0 Å². The molecule has 24 heavy (non-hydrogen) atoms. The smallest absolute Gasteiger partial charge is 0.345 e. The molecular weight excluding hydrogens is 331 g/mol. The first-order chi connectivity index (χ1) is 11.5. The lowest BCUT2D eigenvalue weighted by molar-refractivity contribution is 0.0702. The van der Waals surface area contributed by atoms with Gasteiger partial charge in [0.15, 0.2) is 0 Å². The van der Waals surface area contributed by atoms with Crippen molar-refractivity contribution < 1.29 is 19.4 Å². The minimum absolute atomic E-state index is 0.165. The molecule has 2 N–H and O–H groups in total. The van der Waals surface area contributed by atoms with Crippen molar-refractivity contribution in [3.8, 4) is 16.5 Å². The number of nitrogens with zero attached hydrogens (tertiary/aromatic N) is 2. The van der Waals surface area contributed by atoms with E-state index in [1.807, 2.05) is 6.07 Å². The van der Waals surface area contributed by atoms with Crippen molar-refractivity contribution in [2.24, 2.45) is 0 Å². The summed E-state index contributed by atoms with van der Waals surface area (Å²) in [6, 6.07) is 8.02. The van der Waals surface area contributed by atoms with Crippen LogP contribution in [-0.4, -0.2) is 35.4 Å². The molecule has 1 aliphatic rings. The SMILES string of the molecule is N#Cc1cc(-c2ccc(C(=O)O)s2)cc(F)c1N1CCC(O)CC1. The summed E-state index contributed by atoms with van der Waals surface area (Å²) in [5, 5.41) is 28.0. The molecule has 5 nitrogen and oxygen atoms in total. The molecular formula is C17H15FN2O3S. The zero-order chi connectivity index (χ0) is 17.3. The summed E-state index contributed by atoms with van der Waals surface area (Å²) in [4.78, 5) is 13.5. The van der Waals surface area contributed by atoms with Gasteiger partial charge in [-0.3, -0.25) is 0 Å². The van der Waals surface area contributed by atoms with Crippen LogP contribution in [0.3, 0.4) is 0 Å². The minimum Gasteiger partial charge on any atom is -0.477 e. The lowest BCUT2D eigenvalue weighted by atomic mass is 10.0. The van der Waals surface area contributed by atoms with Gasteiger partial charge in [0.2, 0.25) is 0 Å². The fraction of sp³-hybridized carbons (Fsp3) is 0.294. The monoisotopic (exact) mass is 346 g/mol. The quantitative estimate of drug-likeness (QED) is 0.892. The molecule has 0 spiro atoms. The van der Waals surface area contributed by atoms with Crippen LogP contribution in [0.4, 0.5) is 10.1 Å². The molecule has 0 bridgehead atoms. The fourth-order valence-corrected chi connectivity index (χ4v) is 3.68. The zero-order valence-electron chi connectivity index (χ0n) is 12.7. The Morgan fingerprint density at radius 2 is 2.04 bits per heavy atom. The van der Waals surface area contributed by atoms with E-state index in [2.05, 4.69) is 0 Å². The van der Waals surface area contributed by atoms with Crippen LogP contribution >= 0.6 is 11.3 Å². The molecule has 0 unspecified atom stereocenters. The number of aliphatic hydroxyl groups is 1. The van der Waals surface area contributed by atoms with Crippen LogP contribution in [0.15, 0.2) is 24.3 Å². The summed E-state index contributed by atoms with van der Waals surface area (Å²) in [7, 11) is 0. The number of carbonyl (C=O) groups is 1. The zero-order valence-corrected chi connectivity index (χ0v) is 13.5. The third kappa shape index (κ3) is 3.11. The lowest BCUT2D eigenvalue weighted by Crippen LogP contribution is -2.36. The fourth-order valence-electron chi connectivity index (χ4n) is 2.85. The van der Waals surface area contributed by atoms with Gasteiger partial charge < -0.3 is 15.1 Å². The van der Waals surface area contributed by atoms with Crippen molar-refractivity contribution in [1.29, 1.82) is 5.26 Å². The van der Waals surface area contributed by atoms with Gasteiger partial charge in [-0.15, -0.1) is 11.3 Å². The topological polar surface area (TPSA) is 84.6 Å². The van der Waals surface area contributed by atoms with Crippen LogP contribution in [0.1, 0.15) is 28.1 Å². The molecule has 0 amide bonds. The number of carboxylic acid groups (broad SMARTS) is 1. The predicted molar refractivity (Wildman–Crippen MR) is 88.8 cm³/mol. The van der Waals surface area contributed by atoms with Crippen molar-refractivity contribution in [2.45, 2.75) is 18.9 Å². The van der Waals surface area contributed by atoms with E-state index in [0.717, 1.165) is 11.3 Å². The average molecular weight is 346 g/mol. The lowest BCUT2D eigenvalue weighted by Gasteiger charge is -2.32. The number of thiophene rings is 1. The average Bonchev–Trinajstić information content (AvgIpc) is 3.05. The van der Waals surface area contributed by atoms with E-state index in [-0.39, 0.29) is 22.2 Å². The van der Waals surface area contributed by atoms with Crippen molar-refractivity contribution in [1.82, 2.24) is 0 Å². The number of benzene rings is 1. The number of aromatic carboxylic acids is 1. The standard InChI is InChI=1S/C17H15FN2O3S/c18-13-8-10(14-1-2-15(24-14)17(22)23)7-11(9-19)16(13)20-5-3-12(21)4-6-20/h1-2,7-8,12,21H,3-6H2,(H,22,23). The number of piperidine rings is 1. The number of carboxylic acids is 1. The highest BCUT2D eigenvalue weighted by Gasteiger charge is 2.23. The Labute approximate surface area is 142 Å². The second kappa shape index (κ2) is 6.59. The largest absolute Gasteiger partial charge is 0.477 e. The summed E-state index contributed by atoms with van der Waals surface area (Å²) in [6.45, 7) is 0.989. The van der Waals surface area contributed by atoms with E-state index in [9.17, 15) is 19.6 Å². The van der Waals surface area contributed by atoms with Gasteiger partial charge in [-0.05, 0) is 42.7 Å². The van der Waals surface area contributed by atoms with Crippen LogP contribution in [0.25, 0.3) is 10.4 Å². The Bertz CT molecular complexity index is 820. The first-order valence-electron chi connectivity index (χ1n) is 7.49. The summed E-state index contributed by atoms with van der Waals surface area (Å²) >= 11 is 1.04. The number of halogens is 1. The van der Waals surface area contributed by atoms with Gasteiger partial charge in [0.1, 0.15) is 16.8 Å². The van der Waals surface area contributed by atoms with Crippen LogP contribution in [0.2, 0.25) is 0 Å². The molecule has 2 heterocycles. The van der Waals surface area contributed by atoms with Gasteiger partial charge in [-0.2, -0.15) is 5.26 Å². The number of rotatable bonds is 3. The summed E-state index contributed by atoms with van der Waals surface area (Å²) in [5.41, 5.74) is 0.956. The number of hydrogen-bond acceptors (Lipinski definition) is 5. The van der Waals surface area contributed by atoms with Gasteiger partial charge in [0, 0.05) is 18.0 Å². The number of aliphatic hydroxyl groups excluding tert-OH is 1. The normalized spacial score (nSPS) is 15.3. The highest BCUT2D eigenvalue weighted by molar-refractivity contribution is 7.17. The van der Waals surface area contributed by atoms with Crippen LogP contribution < -0.4 is 4.90 Å². The maximum absolute atomic E-state index is 14.7. The summed E-state index contributed by atoms with van der Waals surface area (Å²) in [6.07, 6.45) is 0.701. The van der Waals surface area contributed by atoms with E-state index in [1.165, 1.54) is 12.1 Å². The minimum atomic E-state index is -1.03. The van der Waals surface area contributed by atoms with Crippen molar-refractivity contribution >= 4 is 23.0 Å². The Morgan fingerprint density at radius 1 is 1.33 bits per heavy atom. The molecule has 7 heteroatoms. The molecule has 0 radical (unpaired) electrons. The van der Waals surface area contributed by atoms with Gasteiger partial charge in [-0.25, -0.2) is 9.18 Å². The van der Waals surface area contributed by atoms with Crippen molar-refractivity contribution in [3.63, 3.8) is 0 Å².